The van der Waals surface area contributed by atoms with E-state index in [1.807, 2.05) is 0 Å². The van der Waals surface area contributed by atoms with Crippen molar-refractivity contribution in [3.8, 4) is 0 Å². The van der Waals surface area contributed by atoms with Crippen LogP contribution in [0.4, 0.5) is 0 Å². The number of hydrogen-bond acceptors (Lipinski definition) is 1. The summed E-state index contributed by atoms with van der Waals surface area (Å²) >= 11 is 0. The van der Waals surface area contributed by atoms with Gasteiger partial charge in [0.15, 0.2) is 0 Å². The zero-order valence-electron chi connectivity index (χ0n) is 10.3. The first-order valence-electron chi connectivity index (χ1n) is 6.34. The van der Waals surface area contributed by atoms with Gasteiger partial charge in [0.05, 0.1) is 0 Å². The van der Waals surface area contributed by atoms with Crippen LogP contribution in [0.15, 0.2) is 0 Å². The zero-order valence-corrected chi connectivity index (χ0v) is 10.3. The van der Waals surface area contributed by atoms with Crippen LogP contribution in [0.3, 0.4) is 0 Å². The normalized spacial score (nSPS) is 26.8. The van der Waals surface area contributed by atoms with Crippen LogP contribution < -0.4 is 5.32 Å². The Balaban J connectivity index is 0.00000196. The second-order valence-corrected chi connectivity index (χ2v) is 5.67. The summed E-state index contributed by atoms with van der Waals surface area (Å²) in [7, 11) is 0. The first-order chi connectivity index (χ1) is 6.58. The van der Waals surface area contributed by atoms with Crippen molar-refractivity contribution >= 4 is 0 Å². The van der Waals surface area contributed by atoms with Crippen molar-refractivity contribution in [1.82, 2.24) is 5.32 Å². The highest BCUT2D eigenvalue weighted by Crippen LogP contribution is 2.29. The monoisotopic (exact) mass is 213 g/mol. The quantitative estimate of drug-likeness (QED) is 0.737. The van der Waals surface area contributed by atoms with Gasteiger partial charge in [0, 0.05) is 12.1 Å². The molecular weight excluding hydrogens is 182 g/mol. The first kappa shape index (κ1) is 15.0. The zero-order chi connectivity index (χ0) is 10.6. The summed E-state index contributed by atoms with van der Waals surface area (Å²) in [5.74, 6) is 1.90. The molecule has 0 unspecified atom stereocenters. The second-order valence-electron chi connectivity index (χ2n) is 5.67. The maximum Gasteiger partial charge on any atom is 0.00696 e. The molecule has 92 valence electrons. The van der Waals surface area contributed by atoms with Crippen molar-refractivity contribution in [3.63, 3.8) is 0 Å². The van der Waals surface area contributed by atoms with Crippen LogP contribution in [0.2, 0.25) is 0 Å². The summed E-state index contributed by atoms with van der Waals surface area (Å²) in [5, 5.41) is 3.66. The van der Waals surface area contributed by atoms with Gasteiger partial charge in [-0.1, -0.05) is 35.1 Å². The van der Waals surface area contributed by atoms with Crippen molar-refractivity contribution in [2.24, 2.45) is 11.8 Å². The molecule has 1 saturated carbocycles. The molecule has 1 heteroatoms. The lowest BCUT2D eigenvalue weighted by molar-refractivity contribution is 0.252. The van der Waals surface area contributed by atoms with Crippen molar-refractivity contribution in [3.05, 3.63) is 0 Å². The number of rotatable bonds is 4. The minimum atomic E-state index is 0. The van der Waals surface area contributed by atoms with E-state index < -0.39 is 0 Å². The van der Waals surface area contributed by atoms with Crippen LogP contribution in [0, 0.1) is 11.8 Å². The fourth-order valence-corrected chi connectivity index (χ4v) is 2.70. The smallest absolute Gasteiger partial charge is 0.00696 e. The largest absolute Gasteiger partial charge is 0.312 e. The van der Waals surface area contributed by atoms with Crippen LogP contribution in [0.5, 0.6) is 0 Å². The molecular formula is C14H31N. The Kier molecular flexibility index (Phi) is 7.25. The van der Waals surface area contributed by atoms with E-state index in [0.29, 0.717) is 6.04 Å². The lowest BCUT2D eigenvalue weighted by atomic mass is 9.81. The molecule has 0 saturated heterocycles. The highest BCUT2D eigenvalue weighted by molar-refractivity contribution is 4.78. The lowest BCUT2D eigenvalue weighted by Crippen LogP contribution is -2.37. The van der Waals surface area contributed by atoms with Crippen LogP contribution in [0.1, 0.15) is 67.2 Å². The van der Waals surface area contributed by atoms with Gasteiger partial charge in [0.1, 0.15) is 0 Å². The predicted octanol–water partition coefficient (Wildman–Crippen LogP) is 4.23. The first-order valence-corrected chi connectivity index (χ1v) is 6.34. The van der Waals surface area contributed by atoms with Gasteiger partial charge in [-0.15, -0.1) is 0 Å². The molecule has 0 aromatic rings. The maximum atomic E-state index is 3.66. The summed E-state index contributed by atoms with van der Waals surface area (Å²) in [5.41, 5.74) is 0. The molecule has 1 N–H and O–H groups in total. The van der Waals surface area contributed by atoms with Gasteiger partial charge in [-0.05, 0) is 43.9 Å². The standard InChI is InChI=1S/C13H27N.CH4/c1-10(2)9-12-5-7-13(8-6-12)14-11(3)4;/h10-14H,5-9H2,1-4H3;1H4. The molecule has 1 fully saturated rings. The van der Waals surface area contributed by atoms with Gasteiger partial charge >= 0.3 is 0 Å². The van der Waals surface area contributed by atoms with Gasteiger partial charge in [0.25, 0.3) is 0 Å². The van der Waals surface area contributed by atoms with E-state index in [1.165, 1.54) is 32.1 Å². The summed E-state index contributed by atoms with van der Waals surface area (Å²) in [6.07, 6.45) is 7.13. The minimum Gasteiger partial charge on any atom is -0.312 e. The summed E-state index contributed by atoms with van der Waals surface area (Å²) in [6.45, 7) is 9.19. The fraction of sp³-hybridized carbons (Fsp3) is 1.00. The van der Waals surface area contributed by atoms with E-state index in [2.05, 4.69) is 33.0 Å². The van der Waals surface area contributed by atoms with E-state index in [1.54, 1.807) is 0 Å². The van der Waals surface area contributed by atoms with E-state index in [9.17, 15) is 0 Å². The van der Waals surface area contributed by atoms with Crippen molar-refractivity contribution in [2.45, 2.75) is 79.3 Å². The molecule has 0 heterocycles. The van der Waals surface area contributed by atoms with Crippen LogP contribution >= 0.6 is 0 Å². The molecule has 1 aliphatic carbocycles. The van der Waals surface area contributed by atoms with E-state index in [-0.39, 0.29) is 7.43 Å². The topological polar surface area (TPSA) is 12.0 Å². The van der Waals surface area contributed by atoms with Gasteiger partial charge in [-0.25, -0.2) is 0 Å². The Bertz CT molecular complexity index is 125. The Labute approximate surface area is 97.0 Å². The third-order valence-electron chi connectivity index (χ3n) is 3.22. The highest BCUT2D eigenvalue weighted by Gasteiger charge is 2.21. The van der Waals surface area contributed by atoms with Crippen LogP contribution in [-0.4, -0.2) is 12.1 Å². The summed E-state index contributed by atoms with van der Waals surface area (Å²) < 4.78 is 0. The highest BCUT2D eigenvalue weighted by atomic mass is 14.9. The summed E-state index contributed by atoms with van der Waals surface area (Å²) in [4.78, 5) is 0. The van der Waals surface area contributed by atoms with Gasteiger partial charge in [0.2, 0.25) is 0 Å². The Morgan fingerprint density at radius 2 is 1.53 bits per heavy atom. The Morgan fingerprint density at radius 1 is 1.00 bits per heavy atom. The predicted molar refractivity (Wildman–Crippen MR) is 70.2 cm³/mol. The molecule has 0 aromatic carbocycles. The molecule has 1 nitrogen and oxygen atoms in total. The lowest BCUT2D eigenvalue weighted by Gasteiger charge is -2.31. The van der Waals surface area contributed by atoms with Crippen LogP contribution in [0.25, 0.3) is 0 Å². The van der Waals surface area contributed by atoms with Gasteiger partial charge < -0.3 is 5.32 Å². The van der Waals surface area contributed by atoms with Crippen molar-refractivity contribution < 1.29 is 0 Å². The average Bonchev–Trinajstić information content (AvgIpc) is 2.06. The van der Waals surface area contributed by atoms with Gasteiger partial charge in [-0.2, -0.15) is 0 Å². The molecule has 0 aromatic heterocycles. The number of hydrogen-bond donors (Lipinski definition) is 1. The maximum absolute atomic E-state index is 3.66. The molecule has 0 aliphatic heterocycles. The van der Waals surface area contributed by atoms with E-state index >= 15 is 0 Å². The van der Waals surface area contributed by atoms with Gasteiger partial charge in [-0.3, -0.25) is 0 Å². The molecule has 15 heavy (non-hydrogen) atoms. The average molecular weight is 213 g/mol. The van der Waals surface area contributed by atoms with E-state index in [0.717, 1.165) is 17.9 Å². The number of nitrogens with one attached hydrogen (secondary N) is 1. The molecule has 1 aliphatic rings. The molecule has 0 bridgehead atoms. The molecule has 1 rings (SSSR count). The van der Waals surface area contributed by atoms with Crippen molar-refractivity contribution in [2.75, 3.05) is 0 Å². The SMILES string of the molecule is C.CC(C)CC1CCC(NC(C)C)CC1. The third-order valence-corrected chi connectivity index (χ3v) is 3.22. The molecule has 0 radical (unpaired) electrons. The van der Waals surface area contributed by atoms with Crippen molar-refractivity contribution in [1.29, 1.82) is 0 Å². The Morgan fingerprint density at radius 3 is 1.93 bits per heavy atom. The molecule has 0 spiro atoms. The van der Waals surface area contributed by atoms with E-state index in [4.69, 9.17) is 0 Å². The second kappa shape index (κ2) is 7.27. The molecule has 0 atom stereocenters. The minimum absolute atomic E-state index is 0. The molecule has 0 amide bonds. The third kappa shape index (κ3) is 6.19. The fourth-order valence-electron chi connectivity index (χ4n) is 2.70. The van der Waals surface area contributed by atoms with Crippen LogP contribution in [-0.2, 0) is 0 Å². The summed E-state index contributed by atoms with van der Waals surface area (Å²) in [6, 6.07) is 1.46. The Hall–Kier alpha value is -0.0400.